The largest absolute Gasteiger partial charge is 0.466 e. The number of anilines is 1. The second-order valence-electron chi connectivity index (χ2n) is 5.13. The van der Waals surface area contributed by atoms with Crippen molar-refractivity contribution in [1.82, 2.24) is 10.9 Å². The van der Waals surface area contributed by atoms with Gasteiger partial charge in [-0.05, 0) is 25.1 Å². The van der Waals surface area contributed by atoms with Gasteiger partial charge in [-0.25, -0.2) is 23.0 Å². The van der Waals surface area contributed by atoms with Crippen molar-refractivity contribution in [3.8, 4) is 0 Å². The minimum atomic E-state index is -4.16. The Kier molecular flexibility index (Phi) is 5.93. The number of carbonyl (C=O) groups excluding carboxylic acids is 2. The van der Waals surface area contributed by atoms with E-state index in [0.29, 0.717) is 0 Å². The number of halogens is 1. The zero-order chi connectivity index (χ0) is 18.6. The van der Waals surface area contributed by atoms with Gasteiger partial charge in [-0.15, -0.1) is 0 Å². The number of esters is 2. The molecule has 0 aromatic heterocycles. The maximum absolute atomic E-state index is 13.4. The van der Waals surface area contributed by atoms with Crippen LogP contribution < -0.4 is 15.6 Å². The molecule has 2 unspecified atom stereocenters. The molecule has 0 saturated carbocycles. The number of hydrogen-bond donors (Lipinski definition) is 3. The van der Waals surface area contributed by atoms with Crippen LogP contribution in [0.4, 0.5) is 10.1 Å². The predicted molar refractivity (Wildman–Crippen MR) is 85.3 cm³/mol. The molecule has 1 aliphatic heterocycles. The summed E-state index contributed by atoms with van der Waals surface area (Å²) in [4.78, 5) is 23.6. The van der Waals surface area contributed by atoms with Gasteiger partial charge in [0.2, 0.25) is 0 Å². The van der Waals surface area contributed by atoms with E-state index >= 15 is 0 Å². The summed E-state index contributed by atoms with van der Waals surface area (Å²) in [7, 11) is -3.07. The molecule has 0 bridgehead atoms. The summed E-state index contributed by atoms with van der Waals surface area (Å²) < 4.78 is 50.1. The number of sulfonamides is 1. The summed E-state index contributed by atoms with van der Waals surface area (Å²) in [6.45, 7) is 1.77. The van der Waals surface area contributed by atoms with Crippen molar-refractivity contribution in [2.24, 2.45) is 5.92 Å². The molecule has 9 nitrogen and oxygen atoms in total. The van der Waals surface area contributed by atoms with Crippen LogP contribution in [0.5, 0.6) is 0 Å². The van der Waals surface area contributed by atoms with Gasteiger partial charge in [-0.3, -0.25) is 14.9 Å². The number of hydrogen-bond acceptors (Lipinski definition) is 8. The van der Waals surface area contributed by atoms with E-state index in [4.69, 9.17) is 4.74 Å². The Morgan fingerprint density at radius 1 is 1.40 bits per heavy atom. The molecule has 1 heterocycles. The lowest BCUT2D eigenvalue weighted by Crippen LogP contribution is -2.44. The second kappa shape index (κ2) is 7.76. The molecule has 1 aromatic carbocycles. The normalized spacial score (nSPS) is 20.1. The number of benzene rings is 1. The van der Waals surface area contributed by atoms with E-state index < -0.39 is 39.1 Å². The first-order valence-corrected chi connectivity index (χ1v) is 8.89. The third kappa shape index (κ3) is 4.24. The predicted octanol–water partition coefficient (Wildman–Crippen LogP) is -0.0328. The molecule has 3 N–H and O–H groups in total. The molecular weight excluding hydrogens is 357 g/mol. The maximum Gasteiger partial charge on any atom is 0.340 e. The molecule has 11 heteroatoms. The summed E-state index contributed by atoms with van der Waals surface area (Å²) in [6.07, 6.45) is 0. The van der Waals surface area contributed by atoms with Gasteiger partial charge in [0.05, 0.1) is 25.0 Å². The van der Waals surface area contributed by atoms with Crippen LogP contribution >= 0.6 is 0 Å². The summed E-state index contributed by atoms with van der Waals surface area (Å²) in [6, 6.07) is 2.95. The Hall–Kier alpha value is -2.24. The van der Waals surface area contributed by atoms with Crippen LogP contribution in [0.1, 0.15) is 17.3 Å². The molecule has 138 valence electrons. The SMILES string of the molecule is CCOC(=O)C1CNNC1S(=O)(=O)Nc1ccc(F)cc1C(=O)OC. The van der Waals surface area contributed by atoms with Crippen molar-refractivity contribution in [2.45, 2.75) is 12.3 Å². The number of hydrazine groups is 1. The molecule has 1 aromatic rings. The van der Waals surface area contributed by atoms with E-state index in [-0.39, 0.29) is 24.4 Å². The van der Waals surface area contributed by atoms with Crippen LogP contribution in [0.3, 0.4) is 0 Å². The highest BCUT2D eigenvalue weighted by atomic mass is 32.2. The fourth-order valence-corrected chi connectivity index (χ4v) is 3.82. The number of nitrogens with one attached hydrogen (secondary N) is 3. The highest BCUT2D eigenvalue weighted by Gasteiger charge is 2.43. The molecule has 1 fully saturated rings. The fourth-order valence-electron chi connectivity index (χ4n) is 2.33. The monoisotopic (exact) mass is 375 g/mol. The summed E-state index contributed by atoms with van der Waals surface area (Å²) in [5.74, 6) is -3.30. The lowest BCUT2D eigenvalue weighted by atomic mass is 10.2. The third-order valence-corrected chi connectivity index (χ3v) is 5.11. The van der Waals surface area contributed by atoms with Crippen molar-refractivity contribution in [3.63, 3.8) is 0 Å². The maximum atomic E-state index is 13.4. The standard InChI is InChI=1S/C14H18FN3O6S/c1-3-24-14(20)10-7-16-17-12(10)25(21,22)18-11-5-4-8(15)6-9(11)13(19)23-2/h4-6,10,12,16-18H,3,7H2,1-2H3. The minimum absolute atomic E-state index is 0.0533. The van der Waals surface area contributed by atoms with Crippen molar-refractivity contribution in [1.29, 1.82) is 0 Å². The number of carbonyl (C=O) groups is 2. The van der Waals surface area contributed by atoms with E-state index in [1.165, 1.54) is 0 Å². The molecule has 2 rings (SSSR count). The number of rotatable bonds is 6. The quantitative estimate of drug-likeness (QED) is 0.592. The van der Waals surface area contributed by atoms with Gasteiger partial charge in [0, 0.05) is 6.54 Å². The third-order valence-electron chi connectivity index (χ3n) is 3.49. The summed E-state index contributed by atoms with van der Waals surface area (Å²) in [5.41, 5.74) is 4.63. The zero-order valence-electron chi connectivity index (χ0n) is 13.5. The van der Waals surface area contributed by atoms with Gasteiger partial charge < -0.3 is 9.47 Å². The molecule has 2 atom stereocenters. The van der Waals surface area contributed by atoms with Gasteiger partial charge >= 0.3 is 11.9 Å². The summed E-state index contributed by atoms with van der Waals surface area (Å²) >= 11 is 0. The van der Waals surface area contributed by atoms with Crippen LogP contribution in [0, 0.1) is 11.7 Å². The van der Waals surface area contributed by atoms with E-state index in [2.05, 4.69) is 20.3 Å². The van der Waals surface area contributed by atoms with Crippen molar-refractivity contribution in [3.05, 3.63) is 29.6 Å². The van der Waals surface area contributed by atoms with Gasteiger partial charge in [-0.2, -0.15) is 0 Å². The average molecular weight is 375 g/mol. The summed E-state index contributed by atoms with van der Waals surface area (Å²) in [5, 5.41) is -1.33. The molecule has 0 spiro atoms. The van der Waals surface area contributed by atoms with Crippen molar-refractivity contribution >= 4 is 27.6 Å². The highest BCUT2D eigenvalue weighted by Crippen LogP contribution is 2.23. The van der Waals surface area contributed by atoms with Crippen LogP contribution in [-0.2, 0) is 24.3 Å². The smallest absolute Gasteiger partial charge is 0.340 e. The first kappa shape index (κ1) is 19.1. The van der Waals surface area contributed by atoms with Crippen molar-refractivity contribution < 1.29 is 31.9 Å². The number of methoxy groups -OCH3 is 1. The van der Waals surface area contributed by atoms with Crippen molar-refractivity contribution in [2.75, 3.05) is 25.0 Å². The molecule has 25 heavy (non-hydrogen) atoms. The van der Waals surface area contributed by atoms with E-state index in [1.807, 2.05) is 0 Å². The topological polar surface area (TPSA) is 123 Å². The Balaban J connectivity index is 2.30. The lowest BCUT2D eigenvalue weighted by Gasteiger charge is -2.19. The molecule has 0 radical (unpaired) electrons. The first-order chi connectivity index (χ1) is 11.8. The van der Waals surface area contributed by atoms with Crippen LogP contribution in [0.15, 0.2) is 18.2 Å². The molecule has 0 aliphatic carbocycles. The molecular formula is C14H18FN3O6S. The zero-order valence-corrected chi connectivity index (χ0v) is 14.4. The van der Waals surface area contributed by atoms with Gasteiger partial charge in [0.1, 0.15) is 11.7 Å². The molecule has 1 aliphatic rings. The van der Waals surface area contributed by atoms with Gasteiger partial charge in [-0.1, -0.05) is 0 Å². The first-order valence-electron chi connectivity index (χ1n) is 7.34. The Labute approximate surface area is 143 Å². The Bertz CT molecular complexity index is 770. The fraction of sp³-hybridized carbons (Fsp3) is 0.429. The average Bonchev–Trinajstić information content (AvgIpc) is 3.06. The van der Waals surface area contributed by atoms with Crippen LogP contribution in [0.25, 0.3) is 0 Å². The Morgan fingerprint density at radius 2 is 2.12 bits per heavy atom. The van der Waals surface area contributed by atoms with Gasteiger partial charge in [0.15, 0.2) is 5.37 Å². The van der Waals surface area contributed by atoms with Gasteiger partial charge in [0.25, 0.3) is 10.0 Å². The van der Waals surface area contributed by atoms with Crippen LogP contribution in [-0.4, -0.2) is 46.0 Å². The van der Waals surface area contributed by atoms with E-state index in [9.17, 15) is 22.4 Å². The van der Waals surface area contributed by atoms with E-state index in [0.717, 1.165) is 25.3 Å². The molecule has 0 amide bonds. The number of ether oxygens (including phenoxy) is 2. The Morgan fingerprint density at radius 3 is 2.76 bits per heavy atom. The minimum Gasteiger partial charge on any atom is -0.466 e. The molecule has 1 saturated heterocycles. The van der Waals surface area contributed by atoms with Crippen LogP contribution in [0.2, 0.25) is 0 Å². The van der Waals surface area contributed by atoms with E-state index in [1.54, 1.807) is 6.92 Å². The second-order valence-corrected chi connectivity index (χ2v) is 6.93. The lowest BCUT2D eigenvalue weighted by molar-refractivity contribution is -0.147. The highest BCUT2D eigenvalue weighted by molar-refractivity contribution is 7.93.